The minimum Gasteiger partial charge on any atom is -0.489 e. The number of likely N-dealkylation sites (tertiary alicyclic amines) is 1. The molecule has 0 spiro atoms. The predicted octanol–water partition coefficient (Wildman–Crippen LogP) is 3.34. The summed E-state index contributed by atoms with van der Waals surface area (Å²) in [5.41, 5.74) is 3.64. The van der Waals surface area contributed by atoms with Gasteiger partial charge in [0.05, 0.1) is 11.7 Å². The van der Waals surface area contributed by atoms with Crippen molar-refractivity contribution < 1.29 is 4.74 Å². The second-order valence-corrected chi connectivity index (χ2v) is 6.61. The molecule has 1 fully saturated rings. The number of para-hydroxylation sites is 1. The molecule has 120 valence electrons. The quantitative estimate of drug-likeness (QED) is 0.871. The van der Waals surface area contributed by atoms with Gasteiger partial charge in [0.15, 0.2) is 0 Å². The number of benzene rings is 1. The highest BCUT2D eigenvalue weighted by atomic mass is 16.5. The van der Waals surface area contributed by atoms with Crippen LogP contribution in [0.4, 0.5) is 0 Å². The number of aryl methyl sites for hydroxylation is 2. The molecule has 2 aliphatic rings. The Kier molecular flexibility index (Phi) is 3.69. The molecular weight excluding hydrogens is 286 g/mol. The molecule has 1 saturated heterocycles. The molecule has 1 aromatic heterocycles. The Balaban J connectivity index is 1.55. The summed E-state index contributed by atoms with van der Waals surface area (Å²) < 4.78 is 8.08. The monoisotopic (exact) mass is 309 g/mol. The molecule has 0 N–H and O–H groups in total. The van der Waals surface area contributed by atoms with Crippen LogP contribution in [0.25, 0.3) is 6.08 Å². The van der Waals surface area contributed by atoms with Gasteiger partial charge in [0.25, 0.3) is 0 Å². The van der Waals surface area contributed by atoms with Gasteiger partial charge in [0.1, 0.15) is 18.2 Å². The number of hydrogen-bond donors (Lipinski definition) is 0. The Morgan fingerprint density at radius 3 is 3.00 bits per heavy atom. The maximum absolute atomic E-state index is 5.90. The fourth-order valence-electron chi connectivity index (χ4n) is 3.77. The van der Waals surface area contributed by atoms with Gasteiger partial charge in [-0.15, -0.1) is 0 Å². The molecule has 0 radical (unpaired) electrons. The van der Waals surface area contributed by atoms with E-state index in [1.165, 1.54) is 29.8 Å². The van der Waals surface area contributed by atoms with Gasteiger partial charge in [-0.1, -0.05) is 18.2 Å². The van der Waals surface area contributed by atoms with E-state index in [9.17, 15) is 0 Å². The summed E-state index contributed by atoms with van der Waals surface area (Å²) in [6, 6.07) is 8.68. The normalized spacial score (nSPS) is 21.0. The van der Waals surface area contributed by atoms with Crippen molar-refractivity contribution in [2.45, 2.75) is 25.8 Å². The molecule has 4 rings (SSSR count). The minimum absolute atomic E-state index is 0.423. The van der Waals surface area contributed by atoms with Crippen molar-refractivity contribution in [1.29, 1.82) is 0 Å². The van der Waals surface area contributed by atoms with E-state index >= 15 is 0 Å². The van der Waals surface area contributed by atoms with Crippen molar-refractivity contribution in [3.63, 3.8) is 0 Å². The van der Waals surface area contributed by atoms with Crippen LogP contribution in [0.3, 0.4) is 0 Å². The molecule has 0 amide bonds. The van der Waals surface area contributed by atoms with Gasteiger partial charge < -0.3 is 9.30 Å². The second-order valence-electron chi connectivity index (χ2n) is 6.61. The summed E-state index contributed by atoms with van der Waals surface area (Å²) in [6.45, 7) is 4.86. The first kappa shape index (κ1) is 14.5. The standard InChI is InChI=1S/C19H23N3O/c1-14-11-21(2)19(20-14)17-7-5-9-22(17)12-15-10-16-6-3-4-8-18(16)23-13-15/h3-4,6,8,10-11,17H,5,7,9,12-13H2,1-2H3/t17-/m1/s1. The molecule has 1 aromatic carbocycles. The second kappa shape index (κ2) is 5.85. The number of rotatable bonds is 3. The van der Waals surface area contributed by atoms with Crippen LogP contribution < -0.4 is 4.74 Å². The van der Waals surface area contributed by atoms with E-state index in [-0.39, 0.29) is 0 Å². The van der Waals surface area contributed by atoms with Crippen LogP contribution in [0.5, 0.6) is 5.75 Å². The van der Waals surface area contributed by atoms with Crippen LogP contribution in [0.1, 0.15) is 36.0 Å². The lowest BCUT2D eigenvalue weighted by Gasteiger charge is -2.27. The van der Waals surface area contributed by atoms with Gasteiger partial charge in [-0.3, -0.25) is 4.90 Å². The Morgan fingerprint density at radius 2 is 2.17 bits per heavy atom. The summed E-state index contributed by atoms with van der Waals surface area (Å²) >= 11 is 0. The highest BCUT2D eigenvalue weighted by molar-refractivity contribution is 5.62. The third-order valence-corrected chi connectivity index (χ3v) is 4.79. The molecule has 23 heavy (non-hydrogen) atoms. The molecule has 0 saturated carbocycles. The molecule has 2 aromatic rings. The Bertz CT molecular complexity index is 747. The topological polar surface area (TPSA) is 30.3 Å². The van der Waals surface area contributed by atoms with Gasteiger partial charge >= 0.3 is 0 Å². The van der Waals surface area contributed by atoms with Crippen molar-refractivity contribution in [1.82, 2.24) is 14.5 Å². The lowest BCUT2D eigenvalue weighted by atomic mass is 10.1. The van der Waals surface area contributed by atoms with E-state index in [0.29, 0.717) is 12.6 Å². The number of fused-ring (bicyclic) bond motifs is 1. The van der Waals surface area contributed by atoms with Crippen LogP contribution >= 0.6 is 0 Å². The van der Waals surface area contributed by atoms with Crippen LogP contribution in [-0.2, 0) is 7.05 Å². The molecule has 1 atom stereocenters. The van der Waals surface area contributed by atoms with Crippen molar-refractivity contribution in [3.05, 3.63) is 53.1 Å². The van der Waals surface area contributed by atoms with Crippen LogP contribution in [0, 0.1) is 6.92 Å². The van der Waals surface area contributed by atoms with E-state index < -0.39 is 0 Å². The third-order valence-electron chi connectivity index (χ3n) is 4.79. The zero-order chi connectivity index (χ0) is 15.8. The SMILES string of the molecule is Cc1cn(C)c([C@H]2CCCN2CC2=Cc3ccccc3OC2)n1. The first-order valence-corrected chi connectivity index (χ1v) is 8.36. The Labute approximate surface area is 137 Å². The molecule has 0 aliphatic carbocycles. The zero-order valence-electron chi connectivity index (χ0n) is 13.8. The average Bonchev–Trinajstić information content (AvgIpc) is 3.13. The number of hydrogen-bond acceptors (Lipinski definition) is 3. The number of aromatic nitrogens is 2. The van der Waals surface area contributed by atoms with Gasteiger partial charge in [-0.05, 0) is 44.0 Å². The van der Waals surface area contributed by atoms with Crippen molar-refractivity contribution >= 4 is 6.08 Å². The summed E-state index contributed by atoms with van der Waals surface area (Å²) in [5.74, 6) is 2.19. The first-order valence-electron chi connectivity index (χ1n) is 8.36. The lowest BCUT2D eigenvalue weighted by Crippen LogP contribution is -2.29. The predicted molar refractivity (Wildman–Crippen MR) is 91.4 cm³/mol. The van der Waals surface area contributed by atoms with E-state index in [0.717, 1.165) is 24.5 Å². The van der Waals surface area contributed by atoms with E-state index in [1.54, 1.807) is 0 Å². The van der Waals surface area contributed by atoms with Crippen LogP contribution in [0.2, 0.25) is 0 Å². The fourth-order valence-corrected chi connectivity index (χ4v) is 3.77. The van der Waals surface area contributed by atoms with Gasteiger partial charge in [-0.2, -0.15) is 0 Å². The van der Waals surface area contributed by atoms with Gasteiger partial charge in [0, 0.05) is 25.4 Å². The zero-order valence-corrected chi connectivity index (χ0v) is 13.8. The largest absolute Gasteiger partial charge is 0.489 e. The number of imidazole rings is 1. The van der Waals surface area contributed by atoms with Crippen molar-refractivity contribution in [2.75, 3.05) is 19.7 Å². The molecule has 2 aliphatic heterocycles. The van der Waals surface area contributed by atoms with Crippen molar-refractivity contribution in [2.24, 2.45) is 7.05 Å². The highest BCUT2D eigenvalue weighted by Gasteiger charge is 2.30. The maximum Gasteiger partial charge on any atom is 0.127 e. The molecule has 0 bridgehead atoms. The maximum atomic E-state index is 5.90. The average molecular weight is 309 g/mol. The highest BCUT2D eigenvalue weighted by Crippen LogP contribution is 2.33. The summed E-state index contributed by atoms with van der Waals surface area (Å²) in [5, 5.41) is 0. The first-order chi connectivity index (χ1) is 11.2. The summed E-state index contributed by atoms with van der Waals surface area (Å²) in [6.07, 6.45) is 6.83. The van der Waals surface area contributed by atoms with Crippen LogP contribution in [-0.4, -0.2) is 34.1 Å². The van der Waals surface area contributed by atoms with E-state index in [4.69, 9.17) is 9.72 Å². The van der Waals surface area contributed by atoms with E-state index in [1.807, 2.05) is 12.1 Å². The van der Waals surface area contributed by atoms with Crippen LogP contribution in [0.15, 0.2) is 36.0 Å². The molecule has 4 heteroatoms. The molecular formula is C19H23N3O. The number of nitrogens with zero attached hydrogens (tertiary/aromatic N) is 3. The van der Waals surface area contributed by atoms with E-state index in [2.05, 4.69) is 47.8 Å². The fraction of sp³-hybridized carbons (Fsp3) is 0.421. The summed E-state index contributed by atoms with van der Waals surface area (Å²) in [7, 11) is 2.10. The van der Waals surface area contributed by atoms with Gasteiger partial charge in [0.2, 0.25) is 0 Å². The molecule has 4 nitrogen and oxygen atoms in total. The molecule has 0 unspecified atom stereocenters. The third kappa shape index (κ3) is 2.79. The summed E-state index contributed by atoms with van der Waals surface area (Å²) in [4.78, 5) is 7.29. The van der Waals surface area contributed by atoms with Gasteiger partial charge in [-0.25, -0.2) is 4.98 Å². The minimum atomic E-state index is 0.423. The smallest absolute Gasteiger partial charge is 0.127 e. The Morgan fingerprint density at radius 1 is 1.30 bits per heavy atom. The molecule has 3 heterocycles. The Hall–Kier alpha value is -2.07. The van der Waals surface area contributed by atoms with Crippen molar-refractivity contribution in [3.8, 4) is 5.75 Å². The lowest BCUT2D eigenvalue weighted by molar-refractivity contribution is 0.249. The number of ether oxygens (including phenoxy) is 1.